The maximum atomic E-state index is 12.2. The van der Waals surface area contributed by atoms with Gasteiger partial charge in [-0.05, 0) is 18.5 Å². The number of rotatable bonds is 6. The van der Waals surface area contributed by atoms with E-state index in [1.54, 1.807) is 0 Å². The van der Waals surface area contributed by atoms with Gasteiger partial charge < -0.3 is 20.1 Å². The van der Waals surface area contributed by atoms with Crippen molar-refractivity contribution in [3.05, 3.63) is 22.4 Å². The van der Waals surface area contributed by atoms with Crippen LogP contribution in [0, 0.1) is 0 Å². The molecule has 2 atom stereocenters. The summed E-state index contributed by atoms with van der Waals surface area (Å²) in [4.78, 5) is 15.0. The summed E-state index contributed by atoms with van der Waals surface area (Å²) in [5.74, 6) is 0.131. The van der Waals surface area contributed by atoms with E-state index in [-0.39, 0.29) is 11.9 Å². The number of thiophene rings is 1. The first-order valence-electron chi connectivity index (χ1n) is 6.95. The van der Waals surface area contributed by atoms with E-state index in [0.29, 0.717) is 39.1 Å². The monoisotopic (exact) mass is 298 g/mol. The number of carbonyl (C=O) groups excluding carboxylic acids is 1. The number of amides is 1. The minimum Gasteiger partial charge on any atom is -0.387 e. The van der Waals surface area contributed by atoms with E-state index in [2.05, 4.69) is 5.32 Å². The molecule has 2 N–H and O–H groups in total. The number of hydrogen-bond donors (Lipinski definition) is 2. The van der Waals surface area contributed by atoms with E-state index in [1.165, 1.54) is 11.3 Å². The number of aliphatic hydroxyl groups is 1. The number of ether oxygens (including phenoxy) is 1. The van der Waals surface area contributed by atoms with Gasteiger partial charge in [-0.2, -0.15) is 0 Å². The maximum Gasteiger partial charge on any atom is 0.224 e. The van der Waals surface area contributed by atoms with Gasteiger partial charge in [0.2, 0.25) is 5.91 Å². The SMILES string of the molecule is CNCCC(=O)N1CCOCC1CC(O)c1cccs1. The van der Waals surface area contributed by atoms with Gasteiger partial charge in [0.1, 0.15) is 0 Å². The second kappa shape index (κ2) is 7.73. The summed E-state index contributed by atoms with van der Waals surface area (Å²) in [5.41, 5.74) is 0. The first kappa shape index (κ1) is 15.4. The zero-order chi connectivity index (χ0) is 14.4. The lowest BCUT2D eigenvalue weighted by atomic mass is 10.1. The number of aliphatic hydroxyl groups excluding tert-OH is 1. The number of nitrogens with zero attached hydrogens (tertiary/aromatic N) is 1. The van der Waals surface area contributed by atoms with Crippen molar-refractivity contribution in [2.24, 2.45) is 0 Å². The van der Waals surface area contributed by atoms with E-state index in [0.717, 1.165) is 4.88 Å². The number of morpholine rings is 1. The summed E-state index contributed by atoms with van der Waals surface area (Å²) in [6, 6.07) is 3.81. The van der Waals surface area contributed by atoms with Crippen LogP contribution in [0.4, 0.5) is 0 Å². The molecule has 0 bridgehead atoms. The Morgan fingerprint density at radius 1 is 1.70 bits per heavy atom. The molecule has 1 saturated heterocycles. The van der Waals surface area contributed by atoms with Crippen molar-refractivity contribution < 1.29 is 14.6 Å². The Morgan fingerprint density at radius 3 is 3.25 bits per heavy atom. The Bertz CT molecular complexity index is 411. The highest BCUT2D eigenvalue weighted by Crippen LogP contribution is 2.26. The van der Waals surface area contributed by atoms with Crippen LogP contribution in [0.25, 0.3) is 0 Å². The third kappa shape index (κ3) is 4.02. The van der Waals surface area contributed by atoms with Crippen molar-refractivity contribution >= 4 is 17.2 Å². The fraction of sp³-hybridized carbons (Fsp3) is 0.643. The first-order chi connectivity index (χ1) is 9.72. The lowest BCUT2D eigenvalue weighted by molar-refractivity contribution is -0.141. The molecule has 0 aliphatic carbocycles. The quantitative estimate of drug-likeness (QED) is 0.823. The highest BCUT2D eigenvalue weighted by Gasteiger charge is 2.29. The molecule has 0 saturated carbocycles. The summed E-state index contributed by atoms with van der Waals surface area (Å²) in [5, 5.41) is 15.2. The second-order valence-electron chi connectivity index (χ2n) is 4.94. The third-order valence-corrected chi connectivity index (χ3v) is 4.48. The van der Waals surface area contributed by atoms with E-state index in [9.17, 15) is 9.90 Å². The maximum absolute atomic E-state index is 12.2. The molecular formula is C14H22N2O3S. The van der Waals surface area contributed by atoms with Crippen LogP contribution in [-0.2, 0) is 9.53 Å². The molecule has 5 nitrogen and oxygen atoms in total. The first-order valence-corrected chi connectivity index (χ1v) is 7.83. The summed E-state index contributed by atoms with van der Waals surface area (Å²) in [6.45, 7) is 2.38. The summed E-state index contributed by atoms with van der Waals surface area (Å²) in [7, 11) is 1.84. The molecular weight excluding hydrogens is 276 g/mol. The van der Waals surface area contributed by atoms with Gasteiger partial charge in [0.15, 0.2) is 0 Å². The molecule has 1 amide bonds. The Labute approximate surface area is 123 Å². The van der Waals surface area contributed by atoms with Gasteiger partial charge in [-0.1, -0.05) is 6.07 Å². The Balaban J connectivity index is 1.94. The predicted molar refractivity (Wildman–Crippen MR) is 78.8 cm³/mol. The van der Waals surface area contributed by atoms with E-state index < -0.39 is 6.10 Å². The molecule has 0 radical (unpaired) electrons. The van der Waals surface area contributed by atoms with Crippen LogP contribution >= 0.6 is 11.3 Å². The second-order valence-corrected chi connectivity index (χ2v) is 5.92. The minimum absolute atomic E-state index is 0.0368. The van der Waals surface area contributed by atoms with Crippen molar-refractivity contribution in [1.82, 2.24) is 10.2 Å². The van der Waals surface area contributed by atoms with E-state index in [4.69, 9.17) is 4.74 Å². The van der Waals surface area contributed by atoms with Crippen molar-refractivity contribution in [3.8, 4) is 0 Å². The summed E-state index contributed by atoms with van der Waals surface area (Å²) >= 11 is 1.54. The van der Waals surface area contributed by atoms with Crippen LogP contribution in [0.15, 0.2) is 17.5 Å². The van der Waals surface area contributed by atoms with E-state index >= 15 is 0 Å². The van der Waals surface area contributed by atoms with Crippen molar-refractivity contribution in [2.45, 2.75) is 25.0 Å². The molecule has 1 aromatic heterocycles. The number of hydrogen-bond acceptors (Lipinski definition) is 5. The Morgan fingerprint density at radius 2 is 2.55 bits per heavy atom. The van der Waals surface area contributed by atoms with Gasteiger partial charge in [0.05, 0.1) is 25.4 Å². The van der Waals surface area contributed by atoms with Crippen LogP contribution < -0.4 is 5.32 Å². The van der Waals surface area contributed by atoms with Crippen molar-refractivity contribution in [1.29, 1.82) is 0 Å². The van der Waals surface area contributed by atoms with Crippen LogP contribution in [0.5, 0.6) is 0 Å². The molecule has 2 rings (SSSR count). The third-order valence-electron chi connectivity index (χ3n) is 3.50. The molecule has 1 fully saturated rings. The zero-order valence-electron chi connectivity index (χ0n) is 11.7. The minimum atomic E-state index is -0.527. The van der Waals surface area contributed by atoms with Gasteiger partial charge in [-0.25, -0.2) is 0 Å². The van der Waals surface area contributed by atoms with Crippen molar-refractivity contribution in [2.75, 3.05) is 33.4 Å². The van der Waals surface area contributed by atoms with Crippen LogP contribution in [0.1, 0.15) is 23.8 Å². The van der Waals surface area contributed by atoms with Gasteiger partial charge in [0.25, 0.3) is 0 Å². The lowest BCUT2D eigenvalue weighted by Crippen LogP contribution is -2.49. The van der Waals surface area contributed by atoms with Crippen LogP contribution in [-0.4, -0.2) is 55.3 Å². The summed E-state index contributed by atoms with van der Waals surface area (Å²) < 4.78 is 5.47. The van der Waals surface area contributed by atoms with E-state index in [1.807, 2.05) is 29.5 Å². The molecule has 0 aromatic carbocycles. The van der Waals surface area contributed by atoms with Gasteiger partial charge in [-0.3, -0.25) is 4.79 Å². The average molecular weight is 298 g/mol. The molecule has 1 aromatic rings. The number of carbonyl (C=O) groups is 1. The van der Waals surface area contributed by atoms with Crippen molar-refractivity contribution in [3.63, 3.8) is 0 Å². The lowest BCUT2D eigenvalue weighted by Gasteiger charge is -2.36. The van der Waals surface area contributed by atoms with Crippen LogP contribution in [0.2, 0.25) is 0 Å². The van der Waals surface area contributed by atoms with Crippen LogP contribution in [0.3, 0.4) is 0 Å². The largest absolute Gasteiger partial charge is 0.387 e. The highest BCUT2D eigenvalue weighted by molar-refractivity contribution is 7.10. The standard InChI is InChI=1S/C14H22N2O3S/c1-15-5-4-14(18)16-6-7-19-10-11(16)9-12(17)13-3-2-8-20-13/h2-3,8,11-12,15,17H,4-7,9-10H2,1H3. The fourth-order valence-electron chi connectivity index (χ4n) is 2.41. The van der Waals surface area contributed by atoms with Gasteiger partial charge in [0, 0.05) is 30.8 Å². The Kier molecular flexibility index (Phi) is 5.97. The molecule has 2 heterocycles. The molecule has 112 valence electrons. The predicted octanol–water partition coefficient (Wildman–Crippen LogP) is 1.01. The Hall–Kier alpha value is -0.950. The van der Waals surface area contributed by atoms with Gasteiger partial charge in [-0.15, -0.1) is 11.3 Å². The molecule has 0 spiro atoms. The fourth-order valence-corrected chi connectivity index (χ4v) is 3.13. The average Bonchev–Trinajstić information content (AvgIpc) is 2.99. The number of nitrogens with one attached hydrogen (secondary N) is 1. The molecule has 2 unspecified atom stereocenters. The molecule has 6 heteroatoms. The highest BCUT2D eigenvalue weighted by atomic mass is 32.1. The normalized spacial score (nSPS) is 20.9. The molecule has 1 aliphatic rings. The molecule has 20 heavy (non-hydrogen) atoms. The topological polar surface area (TPSA) is 61.8 Å². The smallest absolute Gasteiger partial charge is 0.224 e. The molecule has 1 aliphatic heterocycles. The zero-order valence-corrected chi connectivity index (χ0v) is 12.6. The summed E-state index contributed by atoms with van der Waals surface area (Å²) in [6.07, 6.45) is 0.495. The van der Waals surface area contributed by atoms with Gasteiger partial charge >= 0.3 is 0 Å².